The Kier molecular flexibility index (Phi) is 8.54. The molecule has 1 aromatic carbocycles. The van der Waals surface area contributed by atoms with Crippen LogP contribution in [0.1, 0.15) is 39.4 Å². The Labute approximate surface area is 128 Å². The summed E-state index contributed by atoms with van der Waals surface area (Å²) in [5, 5.41) is 8.89. The lowest BCUT2D eigenvalue weighted by molar-refractivity contribution is -0.0875. The lowest BCUT2D eigenvalue weighted by atomic mass is 10.1. The molecule has 0 radical (unpaired) electrons. The number of aliphatic hydroxyl groups excluding tert-OH is 1. The summed E-state index contributed by atoms with van der Waals surface area (Å²) < 4.78 is 17.1. The molecule has 4 nitrogen and oxygen atoms in total. The average Bonchev–Trinajstić information content (AvgIpc) is 2.51. The van der Waals surface area contributed by atoms with Crippen LogP contribution in [0.25, 0.3) is 0 Å². The molecule has 120 valence electrons. The monoisotopic (exact) mass is 296 g/mol. The minimum absolute atomic E-state index is 0.0120. The van der Waals surface area contributed by atoms with Crippen LogP contribution in [0.5, 0.6) is 0 Å². The molecule has 0 aromatic heterocycles. The van der Waals surface area contributed by atoms with Crippen molar-refractivity contribution in [2.45, 2.75) is 52.1 Å². The van der Waals surface area contributed by atoms with Crippen molar-refractivity contribution < 1.29 is 19.3 Å². The molecule has 0 fully saturated rings. The maximum absolute atomic E-state index is 8.89. The van der Waals surface area contributed by atoms with Gasteiger partial charge in [-0.1, -0.05) is 30.3 Å². The first-order valence-corrected chi connectivity index (χ1v) is 7.57. The topological polar surface area (TPSA) is 47.9 Å². The van der Waals surface area contributed by atoms with E-state index in [1.54, 1.807) is 0 Å². The molecule has 4 heteroatoms. The predicted molar refractivity (Wildman–Crippen MR) is 83.3 cm³/mol. The van der Waals surface area contributed by atoms with E-state index in [0.717, 1.165) is 5.56 Å². The Balaban J connectivity index is 2.23. The van der Waals surface area contributed by atoms with E-state index < -0.39 is 0 Å². The van der Waals surface area contributed by atoms with E-state index in [-0.39, 0.29) is 31.0 Å². The van der Waals surface area contributed by atoms with Crippen LogP contribution in [0.2, 0.25) is 0 Å². The van der Waals surface area contributed by atoms with E-state index in [1.165, 1.54) is 0 Å². The number of hydrogen-bond donors (Lipinski definition) is 1. The van der Waals surface area contributed by atoms with Crippen LogP contribution in [0, 0.1) is 0 Å². The van der Waals surface area contributed by atoms with Gasteiger partial charge in [0.1, 0.15) is 0 Å². The third-order valence-electron chi connectivity index (χ3n) is 3.19. The van der Waals surface area contributed by atoms with Gasteiger partial charge in [0.15, 0.2) is 0 Å². The van der Waals surface area contributed by atoms with Crippen molar-refractivity contribution in [2.24, 2.45) is 0 Å². The van der Waals surface area contributed by atoms with Gasteiger partial charge in [0, 0.05) is 0 Å². The minimum atomic E-state index is -0.150. The fraction of sp³-hybridized carbons (Fsp3) is 0.647. The average molecular weight is 296 g/mol. The number of aliphatic hydroxyl groups is 1. The van der Waals surface area contributed by atoms with Gasteiger partial charge < -0.3 is 19.3 Å². The molecule has 1 N–H and O–H groups in total. The molecule has 0 aliphatic heterocycles. The van der Waals surface area contributed by atoms with Crippen LogP contribution >= 0.6 is 0 Å². The van der Waals surface area contributed by atoms with Crippen LogP contribution < -0.4 is 0 Å². The summed E-state index contributed by atoms with van der Waals surface area (Å²) in [5.41, 5.74) is 1.16. The maximum Gasteiger partial charge on any atom is 0.0801 e. The Morgan fingerprint density at radius 2 is 1.43 bits per heavy atom. The summed E-state index contributed by atoms with van der Waals surface area (Å²) in [6.07, 6.45) is -0.108. The Morgan fingerprint density at radius 1 is 0.857 bits per heavy atom. The molecule has 0 aliphatic rings. The number of benzene rings is 1. The second kappa shape index (κ2) is 9.90. The van der Waals surface area contributed by atoms with Gasteiger partial charge in [0.05, 0.1) is 44.2 Å². The van der Waals surface area contributed by atoms with Gasteiger partial charge in [-0.3, -0.25) is 0 Å². The summed E-state index contributed by atoms with van der Waals surface area (Å²) in [7, 11) is 0. The van der Waals surface area contributed by atoms with Crippen molar-refractivity contribution in [1.29, 1.82) is 0 Å². The van der Waals surface area contributed by atoms with Crippen molar-refractivity contribution in [3.63, 3.8) is 0 Å². The molecule has 1 aromatic rings. The van der Waals surface area contributed by atoms with E-state index in [2.05, 4.69) is 12.1 Å². The zero-order valence-electron chi connectivity index (χ0n) is 13.5. The quantitative estimate of drug-likeness (QED) is 0.721. The fourth-order valence-corrected chi connectivity index (χ4v) is 1.89. The summed E-state index contributed by atoms with van der Waals surface area (Å²) in [4.78, 5) is 0. The van der Waals surface area contributed by atoms with Crippen molar-refractivity contribution in [1.82, 2.24) is 0 Å². The van der Waals surface area contributed by atoms with E-state index >= 15 is 0 Å². The third kappa shape index (κ3) is 7.58. The molecule has 4 atom stereocenters. The molecule has 0 saturated carbocycles. The lowest BCUT2D eigenvalue weighted by Crippen LogP contribution is -2.26. The standard InChI is InChI=1S/C17H28O4/c1-13(10-18)19-11-14(2)20-12-15(3)21-16(4)17-8-6-5-7-9-17/h5-9,13-16,18H,10-12H2,1-4H3. The van der Waals surface area contributed by atoms with Crippen molar-refractivity contribution in [2.75, 3.05) is 19.8 Å². The third-order valence-corrected chi connectivity index (χ3v) is 3.19. The summed E-state index contributed by atoms with van der Waals surface area (Å²) >= 11 is 0. The van der Waals surface area contributed by atoms with Gasteiger partial charge in [-0.2, -0.15) is 0 Å². The number of ether oxygens (including phenoxy) is 3. The highest BCUT2D eigenvalue weighted by atomic mass is 16.6. The van der Waals surface area contributed by atoms with Gasteiger partial charge in [-0.25, -0.2) is 0 Å². The van der Waals surface area contributed by atoms with Gasteiger partial charge >= 0.3 is 0 Å². The number of hydrogen-bond acceptors (Lipinski definition) is 4. The summed E-state index contributed by atoms with van der Waals surface area (Å²) in [6.45, 7) is 8.86. The molecule has 21 heavy (non-hydrogen) atoms. The predicted octanol–water partition coefficient (Wildman–Crippen LogP) is 2.96. The highest BCUT2D eigenvalue weighted by Gasteiger charge is 2.13. The largest absolute Gasteiger partial charge is 0.394 e. The lowest BCUT2D eigenvalue weighted by Gasteiger charge is -2.22. The molecule has 1 rings (SSSR count). The Morgan fingerprint density at radius 3 is 2.05 bits per heavy atom. The molecule has 0 heterocycles. The first-order valence-electron chi connectivity index (χ1n) is 7.57. The molecule has 4 unspecified atom stereocenters. The summed E-state index contributed by atoms with van der Waals surface area (Å²) in [6, 6.07) is 10.1. The first kappa shape index (κ1) is 18.1. The van der Waals surface area contributed by atoms with Gasteiger partial charge in [0.25, 0.3) is 0 Å². The van der Waals surface area contributed by atoms with Gasteiger partial charge in [0.2, 0.25) is 0 Å². The highest BCUT2D eigenvalue weighted by Crippen LogP contribution is 2.18. The van der Waals surface area contributed by atoms with E-state index in [1.807, 2.05) is 45.9 Å². The second-order valence-corrected chi connectivity index (χ2v) is 5.47. The smallest absolute Gasteiger partial charge is 0.0801 e. The summed E-state index contributed by atoms with van der Waals surface area (Å²) in [5.74, 6) is 0. The van der Waals surface area contributed by atoms with Crippen molar-refractivity contribution >= 4 is 0 Å². The number of rotatable bonds is 10. The first-order chi connectivity index (χ1) is 10.0. The zero-order valence-corrected chi connectivity index (χ0v) is 13.5. The second-order valence-electron chi connectivity index (χ2n) is 5.47. The van der Waals surface area contributed by atoms with E-state index in [9.17, 15) is 0 Å². The molecular weight excluding hydrogens is 268 g/mol. The van der Waals surface area contributed by atoms with Crippen LogP contribution in [0.4, 0.5) is 0 Å². The van der Waals surface area contributed by atoms with E-state index in [4.69, 9.17) is 19.3 Å². The molecular formula is C17H28O4. The minimum Gasteiger partial charge on any atom is -0.394 e. The van der Waals surface area contributed by atoms with Crippen LogP contribution in [-0.4, -0.2) is 43.2 Å². The fourth-order valence-electron chi connectivity index (χ4n) is 1.89. The zero-order chi connectivity index (χ0) is 15.7. The van der Waals surface area contributed by atoms with Crippen molar-refractivity contribution in [3.8, 4) is 0 Å². The van der Waals surface area contributed by atoms with Gasteiger partial charge in [-0.05, 0) is 33.3 Å². The molecule has 0 saturated heterocycles. The molecule has 0 aliphatic carbocycles. The molecule has 0 bridgehead atoms. The highest BCUT2D eigenvalue weighted by molar-refractivity contribution is 5.16. The Hall–Kier alpha value is -0.940. The van der Waals surface area contributed by atoms with Crippen LogP contribution in [0.3, 0.4) is 0 Å². The van der Waals surface area contributed by atoms with Crippen LogP contribution in [-0.2, 0) is 14.2 Å². The van der Waals surface area contributed by atoms with Crippen molar-refractivity contribution in [3.05, 3.63) is 35.9 Å². The van der Waals surface area contributed by atoms with Gasteiger partial charge in [-0.15, -0.1) is 0 Å². The van der Waals surface area contributed by atoms with Crippen LogP contribution in [0.15, 0.2) is 30.3 Å². The maximum atomic E-state index is 8.89. The molecule has 0 spiro atoms. The molecule has 0 amide bonds. The van der Waals surface area contributed by atoms with E-state index in [0.29, 0.717) is 13.2 Å². The SMILES string of the molecule is CC(CO)OCC(C)OCC(C)OC(C)c1ccccc1. The normalized spacial score (nSPS) is 17.2. The Bertz CT molecular complexity index is 368.